The van der Waals surface area contributed by atoms with E-state index in [-0.39, 0.29) is 6.61 Å². The smallest absolute Gasteiger partial charge is 0.161 e. The molecule has 6 heteroatoms. The van der Waals surface area contributed by atoms with E-state index in [1.807, 2.05) is 18.2 Å². The molecule has 0 saturated carbocycles. The average molecular weight is 401 g/mol. The maximum atomic E-state index is 10.3. The second-order valence-electron chi connectivity index (χ2n) is 7.39. The molecule has 0 radical (unpaired) electrons. The van der Waals surface area contributed by atoms with Gasteiger partial charge in [0.2, 0.25) is 0 Å². The van der Waals surface area contributed by atoms with Crippen LogP contribution in [0.2, 0.25) is 0 Å². The Bertz CT molecular complexity index is 762. The second kappa shape index (κ2) is 11.2. The number of β-amino-alcohol motifs (C(OH)–C–C–N with tert-alkyl or cyclic N) is 1. The average Bonchev–Trinajstić information content (AvgIpc) is 2.74. The first-order chi connectivity index (χ1) is 14.2. The van der Waals surface area contributed by atoms with Crippen LogP contribution in [0.4, 0.5) is 0 Å². The number of morpholine rings is 1. The predicted octanol–water partition coefficient (Wildman–Crippen LogP) is 2.37. The van der Waals surface area contributed by atoms with E-state index in [1.54, 1.807) is 7.11 Å². The quantitative estimate of drug-likeness (QED) is 0.639. The van der Waals surface area contributed by atoms with Gasteiger partial charge in [0.25, 0.3) is 0 Å². The highest BCUT2D eigenvalue weighted by atomic mass is 16.5. The van der Waals surface area contributed by atoms with Gasteiger partial charge in [0.05, 0.1) is 20.3 Å². The summed E-state index contributed by atoms with van der Waals surface area (Å²) in [7, 11) is 1.64. The van der Waals surface area contributed by atoms with Gasteiger partial charge in [-0.05, 0) is 35.7 Å². The fourth-order valence-electron chi connectivity index (χ4n) is 3.41. The highest BCUT2D eigenvalue weighted by Crippen LogP contribution is 2.28. The Morgan fingerprint density at radius 2 is 1.90 bits per heavy atom. The minimum atomic E-state index is -0.548. The van der Waals surface area contributed by atoms with Crippen LogP contribution in [0.5, 0.6) is 11.5 Å². The van der Waals surface area contributed by atoms with Crippen LogP contribution in [0.3, 0.4) is 0 Å². The molecule has 158 valence electrons. The molecule has 1 atom stereocenters. The van der Waals surface area contributed by atoms with Crippen LogP contribution >= 0.6 is 0 Å². The number of nitrogens with zero attached hydrogens (tertiary/aromatic N) is 1. The zero-order valence-corrected chi connectivity index (χ0v) is 17.4. The monoisotopic (exact) mass is 400 g/mol. The molecule has 2 N–H and O–H groups in total. The lowest BCUT2D eigenvalue weighted by molar-refractivity contribution is 0.00445. The van der Waals surface area contributed by atoms with E-state index in [2.05, 4.69) is 41.4 Å². The lowest BCUT2D eigenvalue weighted by Gasteiger charge is -2.28. The van der Waals surface area contributed by atoms with Crippen LogP contribution in [-0.4, -0.2) is 62.7 Å². The zero-order chi connectivity index (χ0) is 20.5. The zero-order valence-electron chi connectivity index (χ0n) is 17.4. The van der Waals surface area contributed by atoms with Crippen LogP contribution in [0.1, 0.15) is 16.7 Å². The largest absolute Gasteiger partial charge is 0.493 e. The summed E-state index contributed by atoms with van der Waals surface area (Å²) in [6, 6.07) is 14.3. The van der Waals surface area contributed by atoms with Gasteiger partial charge in [0, 0.05) is 32.7 Å². The van der Waals surface area contributed by atoms with Gasteiger partial charge in [0.15, 0.2) is 11.5 Å². The summed E-state index contributed by atoms with van der Waals surface area (Å²) in [6.07, 6.45) is -0.548. The first-order valence-electron chi connectivity index (χ1n) is 10.2. The van der Waals surface area contributed by atoms with Gasteiger partial charge in [0.1, 0.15) is 12.7 Å². The highest BCUT2D eigenvalue weighted by molar-refractivity contribution is 5.43. The fourth-order valence-corrected chi connectivity index (χ4v) is 3.41. The van der Waals surface area contributed by atoms with Crippen molar-refractivity contribution in [3.8, 4) is 11.5 Å². The van der Waals surface area contributed by atoms with Crippen molar-refractivity contribution >= 4 is 0 Å². The predicted molar refractivity (Wildman–Crippen MR) is 113 cm³/mol. The summed E-state index contributed by atoms with van der Waals surface area (Å²) in [6.45, 7) is 7.66. The molecule has 1 aliphatic rings. The third-order valence-corrected chi connectivity index (χ3v) is 5.14. The van der Waals surface area contributed by atoms with Crippen molar-refractivity contribution in [1.29, 1.82) is 0 Å². The summed E-state index contributed by atoms with van der Waals surface area (Å²) >= 11 is 0. The fraction of sp³-hybridized carbons (Fsp3) is 0.478. The molecule has 0 spiro atoms. The number of aliphatic hydroxyl groups is 1. The van der Waals surface area contributed by atoms with Crippen LogP contribution in [0, 0.1) is 6.92 Å². The molecule has 0 aliphatic carbocycles. The molecule has 0 bridgehead atoms. The summed E-state index contributed by atoms with van der Waals surface area (Å²) in [5, 5.41) is 13.7. The summed E-state index contributed by atoms with van der Waals surface area (Å²) in [5.41, 5.74) is 3.71. The third kappa shape index (κ3) is 6.72. The van der Waals surface area contributed by atoms with Crippen LogP contribution in [0.15, 0.2) is 42.5 Å². The number of hydrogen-bond acceptors (Lipinski definition) is 6. The first-order valence-corrected chi connectivity index (χ1v) is 10.2. The second-order valence-corrected chi connectivity index (χ2v) is 7.39. The Morgan fingerprint density at radius 3 is 2.66 bits per heavy atom. The molecule has 1 fully saturated rings. The van der Waals surface area contributed by atoms with E-state index in [4.69, 9.17) is 14.2 Å². The van der Waals surface area contributed by atoms with Crippen molar-refractivity contribution in [1.82, 2.24) is 10.2 Å². The molecule has 1 saturated heterocycles. The van der Waals surface area contributed by atoms with Gasteiger partial charge in [-0.3, -0.25) is 4.90 Å². The molecule has 1 aliphatic heterocycles. The van der Waals surface area contributed by atoms with Crippen molar-refractivity contribution in [3.63, 3.8) is 0 Å². The van der Waals surface area contributed by atoms with E-state index < -0.39 is 6.10 Å². The number of methoxy groups -OCH3 is 1. The number of benzene rings is 2. The topological polar surface area (TPSA) is 63.2 Å². The lowest BCUT2D eigenvalue weighted by Crippen LogP contribution is -2.42. The number of hydrogen-bond donors (Lipinski definition) is 2. The van der Waals surface area contributed by atoms with Gasteiger partial charge in [-0.2, -0.15) is 0 Å². The van der Waals surface area contributed by atoms with E-state index in [9.17, 15) is 5.11 Å². The normalized spacial score (nSPS) is 15.8. The molecule has 2 aromatic carbocycles. The van der Waals surface area contributed by atoms with Crippen molar-refractivity contribution in [2.45, 2.75) is 26.1 Å². The number of ether oxygens (including phenoxy) is 3. The Balaban J connectivity index is 1.48. The van der Waals surface area contributed by atoms with Gasteiger partial charge in [-0.25, -0.2) is 0 Å². The van der Waals surface area contributed by atoms with Crippen LogP contribution < -0.4 is 14.8 Å². The Morgan fingerprint density at radius 1 is 1.10 bits per heavy atom. The van der Waals surface area contributed by atoms with Gasteiger partial charge in [-0.1, -0.05) is 30.3 Å². The Hall–Kier alpha value is -2.12. The number of aliphatic hydroxyl groups excluding tert-OH is 1. The van der Waals surface area contributed by atoms with Crippen molar-refractivity contribution in [2.24, 2.45) is 0 Å². The van der Waals surface area contributed by atoms with Gasteiger partial charge >= 0.3 is 0 Å². The molecule has 0 amide bonds. The van der Waals surface area contributed by atoms with E-state index in [1.165, 1.54) is 11.1 Å². The summed E-state index contributed by atoms with van der Waals surface area (Å²) in [5.74, 6) is 1.33. The highest BCUT2D eigenvalue weighted by Gasteiger charge is 2.16. The summed E-state index contributed by atoms with van der Waals surface area (Å²) < 4.78 is 16.6. The first kappa shape index (κ1) is 21.6. The molecule has 29 heavy (non-hydrogen) atoms. The van der Waals surface area contributed by atoms with Gasteiger partial charge < -0.3 is 24.6 Å². The van der Waals surface area contributed by atoms with E-state index >= 15 is 0 Å². The van der Waals surface area contributed by atoms with Crippen LogP contribution in [0.25, 0.3) is 0 Å². The molecule has 6 nitrogen and oxygen atoms in total. The van der Waals surface area contributed by atoms with Crippen molar-refractivity contribution in [3.05, 3.63) is 59.2 Å². The molecular weight excluding hydrogens is 368 g/mol. The molecule has 0 unspecified atom stereocenters. The van der Waals surface area contributed by atoms with Crippen molar-refractivity contribution in [2.75, 3.05) is 46.6 Å². The molecule has 3 rings (SSSR count). The van der Waals surface area contributed by atoms with E-state index in [0.717, 1.165) is 45.0 Å². The molecular formula is C23H32N2O4. The number of rotatable bonds is 10. The third-order valence-electron chi connectivity index (χ3n) is 5.14. The summed E-state index contributed by atoms with van der Waals surface area (Å²) in [4.78, 5) is 2.19. The number of nitrogens with one attached hydrogen (secondary N) is 1. The van der Waals surface area contributed by atoms with Gasteiger partial charge in [-0.15, -0.1) is 0 Å². The number of aryl methyl sites for hydroxylation is 1. The standard InChI is InChI=1S/C23H32N2O4/c1-18-5-3-4-6-20(18)15-24-14-19-7-8-22(23(13-19)27-2)29-17-21(26)16-25-9-11-28-12-10-25/h3-8,13,21,24,26H,9-12,14-17H2,1-2H3/t21-/m0/s1. The molecule has 2 aromatic rings. The SMILES string of the molecule is COc1cc(CNCc2ccccc2C)ccc1OC[C@@H](O)CN1CCOCC1. The van der Waals surface area contributed by atoms with E-state index in [0.29, 0.717) is 18.0 Å². The Labute approximate surface area is 173 Å². The lowest BCUT2D eigenvalue weighted by atomic mass is 10.1. The van der Waals surface area contributed by atoms with Crippen LogP contribution in [-0.2, 0) is 17.8 Å². The molecule has 1 heterocycles. The Kier molecular flexibility index (Phi) is 8.31. The minimum Gasteiger partial charge on any atom is -0.493 e. The maximum absolute atomic E-state index is 10.3. The maximum Gasteiger partial charge on any atom is 0.161 e. The van der Waals surface area contributed by atoms with Crippen molar-refractivity contribution < 1.29 is 19.3 Å². The molecule has 0 aromatic heterocycles. The minimum absolute atomic E-state index is 0.235.